The summed E-state index contributed by atoms with van der Waals surface area (Å²) in [7, 11) is 0. The van der Waals surface area contributed by atoms with Crippen LogP contribution in [0.1, 0.15) is 12.8 Å². The zero-order chi connectivity index (χ0) is 7.68. The van der Waals surface area contributed by atoms with Gasteiger partial charge in [-0.3, -0.25) is 4.90 Å². The van der Waals surface area contributed by atoms with Crippen LogP contribution in [0.4, 0.5) is 0 Å². The first-order valence-electron chi connectivity index (χ1n) is 4.32. The van der Waals surface area contributed by atoms with Crippen molar-refractivity contribution in [1.29, 1.82) is 0 Å². The molecule has 0 aromatic carbocycles. The zero-order valence-corrected chi connectivity index (χ0v) is 10.3. The molecule has 0 aromatic heterocycles. The van der Waals surface area contributed by atoms with Crippen LogP contribution in [0.5, 0.6) is 0 Å². The van der Waals surface area contributed by atoms with Gasteiger partial charge < -0.3 is 4.74 Å². The first-order valence-corrected chi connectivity index (χ1v) is 5.44. The number of likely N-dealkylation sites (tertiary alicyclic amines) is 1. The molecule has 4 heteroatoms. The quantitative estimate of drug-likeness (QED) is 0.722. The van der Waals surface area contributed by atoms with Crippen LogP contribution in [0.2, 0.25) is 0 Å². The number of ether oxygens (including phenoxy) is 1. The summed E-state index contributed by atoms with van der Waals surface area (Å²) < 4.78 is 5.72. The molecule has 0 aliphatic carbocycles. The Morgan fingerprint density at radius 2 is 1.83 bits per heavy atom. The van der Waals surface area contributed by atoms with Gasteiger partial charge in [0.25, 0.3) is 0 Å². The SMILES string of the molecule is Br.BrCCN1CC2CCC(C1)O2. The lowest BCUT2D eigenvalue weighted by atomic mass is 10.2. The summed E-state index contributed by atoms with van der Waals surface area (Å²) in [6.45, 7) is 3.49. The summed E-state index contributed by atoms with van der Waals surface area (Å²) >= 11 is 3.46. The summed E-state index contributed by atoms with van der Waals surface area (Å²) in [5.41, 5.74) is 0. The highest BCUT2D eigenvalue weighted by molar-refractivity contribution is 9.09. The minimum absolute atomic E-state index is 0. The van der Waals surface area contributed by atoms with Crippen LogP contribution in [0.25, 0.3) is 0 Å². The molecule has 2 heterocycles. The normalized spacial score (nSPS) is 34.8. The molecule has 0 N–H and O–H groups in total. The highest BCUT2D eigenvalue weighted by Gasteiger charge is 2.32. The van der Waals surface area contributed by atoms with Crippen LogP contribution in [0.3, 0.4) is 0 Å². The Bertz CT molecular complexity index is 133. The van der Waals surface area contributed by atoms with Gasteiger partial charge in [0, 0.05) is 25.0 Å². The minimum Gasteiger partial charge on any atom is -0.372 e. The fourth-order valence-corrected chi connectivity index (χ4v) is 2.50. The van der Waals surface area contributed by atoms with E-state index in [0.717, 1.165) is 18.4 Å². The van der Waals surface area contributed by atoms with Crippen LogP contribution in [0, 0.1) is 0 Å². The summed E-state index contributed by atoms with van der Waals surface area (Å²) in [5, 5.41) is 1.09. The average Bonchev–Trinajstić information content (AvgIpc) is 2.32. The first kappa shape index (κ1) is 11.0. The number of hydrogen-bond donors (Lipinski definition) is 0. The van der Waals surface area contributed by atoms with E-state index in [0.29, 0.717) is 12.2 Å². The van der Waals surface area contributed by atoms with Gasteiger partial charge in [0.15, 0.2) is 0 Å². The molecule has 2 bridgehead atoms. The van der Waals surface area contributed by atoms with E-state index in [-0.39, 0.29) is 17.0 Å². The third-order valence-electron chi connectivity index (χ3n) is 2.52. The van der Waals surface area contributed by atoms with Crippen molar-refractivity contribution < 1.29 is 4.74 Å². The molecule has 2 unspecified atom stereocenters. The van der Waals surface area contributed by atoms with Gasteiger partial charge in [-0.2, -0.15) is 0 Å². The van der Waals surface area contributed by atoms with E-state index in [1.54, 1.807) is 0 Å². The van der Waals surface area contributed by atoms with E-state index < -0.39 is 0 Å². The van der Waals surface area contributed by atoms with Crippen LogP contribution in [-0.4, -0.2) is 42.1 Å². The van der Waals surface area contributed by atoms with Crippen LogP contribution >= 0.6 is 32.9 Å². The van der Waals surface area contributed by atoms with Crippen LogP contribution < -0.4 is 0 Å². The fraction of sp³-hybridized carbons (Fsp3) is 1.00. The summed E-state index contributed by atoms with van der Waals surface area (Å²) in [5.74, 6) is 0. The van der Waals surface area contributed by atoms with Crippen molar-refractivity contribution in [3.8, 4) is 0 Å². The lowest BCUT2D eigenvalue weighted by Crippen LogP contribution is -2.43. The van der Waals surface area contributed by atoms with Crippen LogP contribution in [0.15, 0.2) is 0 Å². The largest absolute Gasteiger partial charge is 0.372 e. The summed E-state index contributed by atoms with van der Waals surface area (Å²) in [4.78, 5) is 2.50. The smallest absolute Gasteiger partial charge is 0.0707 e. The van der Waals surface area contributed by atoms with E-state index in [1.807, 2.05) is 0 Å². The standard InChI is InChI=1S/C8H14BrNO.BrH/c9-3-4-10-5-7-1-2-8(6-10)11-7;/h7-8H,1-6H2;1H. The number of rotatable bonds is 2. The molecule has 0 radical (unpaired) electrons. The molecule has 12 heavy (non-hydrogen) atoms. The van der Waals surface area contributed by atoms with Gasteiger partial charge >= 0.3 is 0 Å². The molecule has 0 spiro atoms. The molecule has 2 aliphatic rings. The minimum atomic E-state index is 0. The molecule has 2 rings (SSSR count). The van der Waals surface area contributed by atoms with Gasteiger partial charge in [-0.15, -0.1) is 17.0 Å². The van der Waals surface area contributed by atoms with Crippen molar-refractivity contribution in [3.63, 3.8) is 0 Å². The van der Waals surface area contributed by atoms with Crippen molar-refractivity contribution in [2.75, 3.05) is 25.0 Å². The number of alkyl halides is 1. The fourth-order valence-electron chi connectivity index (χ4n) is 2.00. The molecule has 72 valence electrons. The molecule has 0 amide bonds. The van der Waals surface area contributed by atoms with Crippen molar-refractivity contribution in [1.82, 2.24) is 4.90 Å². The van der Waals surface area contributed by atoms with Crippen molar-refractivity contribution >= 4 is 32.9 Å². The second kappa shape index (κ2) is 4.94. The molecule has 2 fully saturated rings. The Balaban J connectivity index is 0.000000720. The molecular weight excluding hydrogens is 286 g/mol. The number of morpholine rings is 1. The maximum absolute atomic E-state index is 5.72. The van der Waals surface area contributed by atoms with Gasteiger partial charge in [0.1, 0.15) is 0 Å². The van der Waals surface area contributed by atoms with E-state index in [9.17, 15) is 0 Å². The molecular formula is C8H15Br2NO. The maximum Gasteiger partial charge on any atom is 0.0707 e. The molecule has 2 nitrogen and oxygen atoms in total. The Kier molecular flexibility index (Phi) is 4.51. The van der Waals surface area contributed by atoms with Crippen molar-refractivity contribution in [2.24, 2.45) is 0 Å². The third-order valence-corrected chi connectivity index (χ3v) is 2.87. The molecule has 2 aliphatic heterocycles. The highest BCUT2D eigenvalue weighted by Crippen LogP contribution is 2.25. The van der Waals surface area contributed by atoms with E-state index in [2.05, 4.69) is 20.8 Å². The topological polar surface area (TPSA) is 12.5 Å². The predicted molar refractivity (Wildman–Crippen MR) is 58.5 cm³/mol. The van der Waals surface area contributed by atoms with E-state index in [4.69, 9.17) is 4.74 Å². The third kappa shape index (κ3) is 2.44. The Labute approximate surface area is 92.5 Å². The number of halogens is 2. The Morgan fingerprint density at radius 3 is 2.33 bits per heavy atom. The zero-order valence-electron chi connectivity index (χ0n) is 7.04. The molecule has 2 atom stereocenters. The van der Waals surface area contributed by atoms with Crippen molar-refractivity contribution in [2.45, 2.75) is 25.0 Å². The number of hydrogen-bond acceptors (Lipinski definition) is 2. The molecule has 0 aromatic rings. The number of nitrogens with zero attached hydrogens (tertiary/aromatic N) is 1. The summed E-state index contributed by atoms with van der Waals surface area (Å²) in [6, 6.07) is 0. The molecule has 2 saturated heterocycles. The first-order chi connectivity index (χ1) is 5.38. The summed E-state index contributed by atoms with van der Waals surface area (Å²) in [6.07, 6.45) is 3.66. The van der Waals surface area contributed by atoms with Crippen LogP contribution in [-0.2, 0) is 4.74 Å². The Morgan fingerprint density at radius 1 is 1.25 bits per heavy atom. The van der Waals surface area contributed by atoms with E-state index >= 15 is 0 Å². The van der Waals surface area contributed by atoms with Gasteiger partial charge in [-0.05, 0) is 12.8 Å². The van der Waals surface area contributed by atoms with Gasteiger partial charge in [0.2, 0.25) is 0 Å². The van der Waals surface area contributed by atoms with Gasteiger partial charge in [-0.25, -0.2) is 0 Å². The Hall–Kier alpha value is 0.880. The number of fused-ring (bicyclic) bond motifs is 2. The molecule has 0 saturated carbocycles. The lowest BCUT2D eigenvalue weighted by Gasteiger charge is -2.31. The van der Waals surface area contributed by atoms with Gasteiger partial charge in [-0.1, -0.05) is 15.9 Å². The maximum atomic E-state index is 5.72. The highest BCUT2D eigenvalue weighted by atomic mass is 79.9. The second-order valence-electron chi connectivity index (χ2n) is 3.41. The lowest BCUT2D eigenvalue weighted by molar-refractivity contribution is -0.0359. The monoisotopic (exact) mass is 299 g/mol. The van der Waals surface area contributed by atoms with E-state index in [1.165, 1.54) is 19.4 Å². The van der Waals surface area contributed by atoms with Crippen molar-refractivity contribution in [3.05, 3.63) is 0 Å². The van der Waals surface area contributed by atoms with Gasteiger partial charge in [0.05, 0.1) is 12.2 Å². The average molecular weight is 301 g/mol. The second-order valence-corrected chi connectivity index (χ2v) is 4.20. The predicted octanol–water partition coefficient (Wildman–Crippen LogP) is 1.82.